The van der Waals surface area contributed by atoms with Gasteiger partial charge in [0.25, 0.3) is 0 Å². The van der Waals surface area contributed by atoms with Crippen molar-refractivity contribution in [1.29, 1.82) is 0 Å². The Balaban J connectivity index is 0.000000385. The monoisotopic (exact) mass is 306 g/mol. The van der Waals surface area contributed by atoms with Crippen LogP contribution in [0.3, 0.4) is 0 Å². The molecule has 2 fully saturated rings. The second kappa shape index (κ2) is 12.4. The van der Waals surface area contributed by atoms with Gasteiger partial charge in [0.2, 0.25) is 0 Å². The zero-order valence-electron chi connectivity index (χ0n) is 13.3. The molecule has 0 aliphatic heterocycles. The fraction of sp³-hybridized carbons (Fsp3) is 0.700. The van der Waals surface area contributed by atoms with Gasteiger partial charge in [0.15, 0.2) is 0 Å². The van der Waals surface area contributed by atoms with Gasteiger partial charge in [0.1, 0.15) is 11.6 Å². The van der Waals surface area contributed by atoms with E-state index in [1.807, 2.05) is 12.2 Å². The summed E-state index contributed by atoms with van der Waals surface area (Å²) in [5.41, 5.74) is 0. The van der Waals surface area contributed by atoms with Crippen molar-refractivity contribution in [3.8, 4) is 0 Å². The van der Waals surface area contributed by atoms with Crippen molar-refractivity contribution >= 4 is 11.6 Å². The first kappa shape index (κ1) is 20.8. The molecule has 2 aliphatic carbocycles. The number of ketones is 2. The average Bonchev–Trinajstić information content (AvgIpc) is 2.50. The van der Waals surface area contributed by atoms with Crippen LogP contribution in [0.4, 0.5) is 0 Å². The summed E-state index contributed by atoms with van der Waals surface area (Å²) in [5, 5.41) is 0. The number of hydrogen-bond donors (Lipinski definition) is 0. The second-order valence-electron chi connectivity index (χ2n) is 6.21. The summed E-state index contributed by atoms with van der Waals surface area (Å²) in [6, 6.07) is 0. The van der Waals surface area contributed by atoms with Gasteiger partial charge in [0, 0.05) is 24.7 Å². The quantitative estimate of drug-likeness (QED) is 0.613. The average molecular weight is 306 g/mol. The molecule has 0 amide bonds. The number of carbonyl (C=O) groups is 2. The topological polar surface area (TPSA) is 34.1 Å². The number of allylic oxidation sites excluding steroid dienone is 2. The summed E-state index contributed by atoms with van der Waals surface area (Å²) in [6.45, 7) is 7.30. The molecule has 0 aromatic carbocycles. The van der Waals surface area contributed by atoms with Crippen molar-refractivity contribution in [2.45, 2.75) is 78.1 Å². The summed E-state index contributed by atoms with van der Waals surface area (Å²) in [7, 11) is 0. The molecule has 22 heavy (non-hydrogen) atoms. The lowest BCUT2D eigenvalue weighted by molar-refractivity contribution is -0.125. The van der Waals surface area contributed by atoms with Gasteiger partial charge in [-0.2, -0.15) is 0 Å². The molecule has 0 N–H and O–H groups in total. The second-order valence-corrected chi connectivity index (χ2v) is 6.21. The Kier molecular flexibility index (Phi) is 11.7. The van der Waals surface area contributed by atoms with Crippen molar-refractivity contribution in [2.75, 3.05) is 0 Å². The Morgan fingerprint density at radius 3 is 1.86 bits per heavy atom. The summed E-state index contributed by atoms with van der Waals surface area (Å²) < 4.78 is 0. The maximum absolute atomic E-state index is 11.3. The largest absolute Gasteiger partial charge is 0.299 e. The Bertz CT molecular complexity index is 357. The molecule has 2 heteroatoms. The van der Waals surface area contributed by atoms with Crippen LogP contribution in [0, 0.1) is 11.8 Å². The molecule has 0 radical (unpaired) electrons. The number of carbonyl (C=O) groups excluding carboxylic acids is 2. The van der Waals surface area contributed by atoms with E-state index < -0.39 is 0 Å². The Morgan fingerprint density at radius 1 is 0.864 bits per heavy atom. The molecule has 0 spiro atoms. The zero-order valence-corrected chi connectivity index (χ0v) is 13.3. The third-order valence-electron chi connectivity index (χ3n) is 4.53. The number of hydrogen-bond acceptors (Lipinski definition) is 2. The minimum absolute atomic E-state index is 0. The van der Waals surface area contributed by atoms with Gasteiger partial charge in [-0.3, -0.25) is 9.59 Å². The highest BCUT2D eigenvalue weighted by Crippen LogP contribution is 2.24. The van der Waals surface area contributed by atoms with Crippen molar-refractivity contribution < 1.29 is 9.59 Å². The lowest BCUT2D eigenvalue weighted by Gasteiger charge is -2.19. The molecule has 2 unspecified atom stereocenters. The van der Waals surface area contributed by atoms with Crippen LogP contribution in [0.15, 0.2) is 25.3 Å². The van der Waals surface area contributed by atoms with Gasteiger partial charge in [-0.05, 0) is 44.9 Å². The van der Waals surface area contributed by atoms with E-state index in [0.29, 0.717) is 23.4 Å². The van der Waals surface area contributed by atoms with Crippen molar-refractivity contribution in [3.63, 3.8) is 0 Å². The van der Waals surface area contributed by atoms with E-state index in [1.54, 1.807) is 0 Å². The van der Waals surface area contributed by atoms with E-state index >= 15 is 0 Å². The van der Waals surface area contributed by atoms with Crippen LogP contribution in [0.1, 0.15) is 78.1 Å². The van der Waals surface area contributed by atoms with Crippen LogP contribution in [0.2, 0.25) is 0 Å². The molecule has 2 nitrogen and oxygen atoms in total. The van der Waals surface area contributed by atoms with Gasteiger partial charge >= 0.3 is 0 Å². The molecule has 126 valence electrons. The van der Waals surface area contributed by atoms with Gasteiger partial charge in [-0.1, -0.05) is 32.4 Å². The van der Waals surface area contributed by atoms with E-state index in [2.05, 4.69) is 13.2 Å². The van der Waals surface area contributed by atoms with E-state index in [1.165, 1.54) is 12.8 Å². The third-order valence-corrected chi connectivity index (χ3v) is 4.53. The van der Waals surface area contributed by atoms with E-state index in [-0.39, 0.29) is 7.43 Å². The minimum Gasteiger partial charge on any atom is -0.299 e. The summed E-state index contributed by atoms with van der Waals surface area (Å²) in [6.07, 6.45) is 15.2. The third kappa shape index (κ3) is 7.72. The Labute approximate surface area is 137 Å². The molecule has 2 aliphatic rings. The van der Waals surface area contributed by atoms with Crippen molar-refractivity contribution in [1.82, 2.24) is 0 Å². The van der Waals surface area contributed by atoms with Gasteiger partial charge < -0.3 is 0 Å². The number of rotatable bonds is 5. The molecule has 2 atom stereocenters. The van der Waals surface area contributed by atoms with Crippen LogP contribution in [0.25, 0.3) is 0 Å². The minimum atomic E-state index is 0. The maximum atomic E-state index is 11.3. The number of Topliss-reactive ketones (excluding diaryl/α,β-unsaturated/α-hetero) is 2. The summed E-state index contributed by atoms with van der Waals surface area (Å²) >= 11 is 0. The van der Waals surface area contributed by atoms with E-state index in [9.17, 15) is 9.59 Å². The highest BCUT2D eigenvalue weighted by molar-refractivity contribution is 5.82. The van der Waals surface area contributed by atoms with Gasteiger partial charge in [-0.25, -0.2) is 0 Å². The van der Waals surface area contributed by atoms with Gasteiger partial charge in [0.05, 0.1) is 0 Å². The van der Waals surface area contributed by atoms with E-state index in [0.717, 1.165) is 57.8 Å². The smallest absolute Gasteiger partial charge is 0.136 e. The molecule has 0 bridgehead atoms. The SMILES string of the molecule is C.C=CCC1CCCCC1=O.C=CCCC1CCCCC1=O. The molecule has 0 aromatic rings. The Morgan fingerprint density at radius 2 is 1.41 bits per heavy atom. The van der Waals surface area contributed by atoms with Crippen LogP contribution < -0.4 is 0 Å². The molecule has 0 aromatic heterocycles. The Hall–Kier alpha value is -1.18. The van der Waals surface area contributed by atoms with Crippen molar-refractivity contribution in [2.24, 2.45) is 11.8 Å². The lowest BCUT2D eigenvalue weighted by Crippen LogP contribution is -2.18. The predicted octanol–water partition coefficient (Wildman–Crippen LogP) is 5.67. The first-order valence-corrected chi connectivity index (χ1v) is 8.46. The van der Waals surface area contributed by atoms with Crippen LogP contribution in [-0.4, -0.2) is 11.6 Å². The first-order valence-electron chi connectivity index (χ1n) is 8.46. The van der Waals surface area contributed by atoms with E-state index in [4.69, 9.17) is 0 Å². The van der Waals surface area contributed by atoms with Crippen molar-refractivity contribution in [3.05, 3.63) is 25.3 Å². The normalized spacial score (nSPS) is 24.5. The summed E-state index contributed by atoms with van der Waals surface area (Å²) in [5.74, 6) is 1.61. The molecular formula is C20H34O2. The molecule has 0 saturated heterocycles. The van der Waals surface area contributed by atoms with Crippen LogP contribution in [0.5, 0.6) is 0 Å². The van der Waals surface area contributed by atoms with Crippen LogP contribution >= 0.6 is 0 Å². The van der Waals surface area contributed by atoms with Gasteiger partial charge in [-0.15, -0.1) is 13.2 Å². The standard InChI is InChI=1S/C10H16O.C9H14O.CH4/c1-2-3-6-9-7-4-5-8-10(9)11;1-2-5-8-6-3-4-7-9(8)10;/h2,9H,1,3-8H2;2,8H,1,3-7H2;1H4. The first-order chi connectivity index (χ1) is 10.2. The molecule has 0 heterocycles. The lowest BCUT2D eigenvalue weighted by atomic mass is 9.85. The molecule has 2 saturated carbocycles. The van der Waals surface area contributed by atoms with Crippen LogP contribution in [-0.2, 0) is 9.59 Å². The summed E-state index contributed by atoms with van der Waals surface area (Å²) in [4.78, 5) is 22.4. The highest BCUT2D eigenvalue weighted by atomic mass is 16.1. The maximum Gasteiger partial charge on any atom is 0.136 e. The fourth-order valence-electron chi connectivity index (χ4n) is 3.19. The molecular weight excluding hydrogens is 272 g/mol. The predicted molar refractivity (Wildman–Crippen MR) is 94.9 cm³/mol. The highest BCUT2D eigenvalue weighted by Gasteiger charge is 2.21. The zero-order chi connectivity index (χ0) is 15.5. The fourth-order valence-corrected chi connectivity index (χ4v) is 3.19. The molecule has 2 rings (SSSR count).